The molecule has 0 aromatic rings. The zero-order valence-corrected chi connectivity index (χ0v) is 8.47. The summed E-state index contributed by atoms with van der Waals surface area (Å²) in [5.41, 5.74) is 1.02. The number of hydrogen-bond donors (Lipinski definition) is 1. The first-order valence-corrected chi connectivity index (χ1v) is 4.77. The van der Waals surface area contributed by atoms with E-state index < -0.39 is 0 Å². The third-order valence-corrected chi connectivity index (χ3v) is 2.39. The topological polar surface area (TPSA) is 32.3 Å². The number of piperidine rings is 1. The lowest BCUT2D eigenvalue weighted by Crippen LogP contribution is -2.43. The van der Waals surface area contributed by atoms with Crippen molar-refractivity contribution in [3.63, 3.8) is 0 Å². The van der Waals surface area contributed by atoms with Crippen molar-refractivity contribution < 1.29 is 4.79 Å². The molecule has 1 amide bonds. The van der Waals surface area contributed by atoms with E-state index in [1.807, 2.05) is 11.8 Å². The predicted molar refractivity (Wildman–Crippen MR) is 53.2 cm³/mol. The van der Waals surface area contributed by atoms with E-state index in [4.69, 9.17) is 0 Å². The Labute approximate surface area is 79.8 Å². The molecule has 3 nitrogen and oxygen atoms in total. The fraction of sp³-hybridized carbons (Fsp3) is 0.700. The molecular weight excluding hydrogens is 164 g/mol. The number of rotatable bonds is 2. The molecule has 1 aliphatic rings. The minimum Gasteiger partial charge on any atom is -0.386 e. The van der Waals surface area contributed by atoms with Crippen molar-refractivity contribution >= 4 is 5.91 Å². The van der Waals surface area contributed by atoms with Crippen molar-refractivity contribution in [2.75, 3.05) is 13.1 Å². The van der Waals surface area contributed by atoms with E-state index in [1.54, 1.807) is 6.92 Å². The van der Waals surface area contributed by atoms with Gasteiger partial charge in [0, 0.05) is 31.8 Å². The van der Waals surface area contributed by atoms with E-state index in [-0.39, 0.29) is 5.91 Å². The van der Waals surface area contributed by atoms with Crippen LogP contribution in [0.3, 0.4) is 0 Å². The van der Waals surface area contributed by atoms with E-state index in [0.29, 0.717) is 6.04 Å². The highest BCUT2D eigenvalue weighted by atomic mass is 16.2. The van der Waals surface area contributed by atoms with Crippen LogP contribution in [0.15, 0.2) is 12.3 Å². The molecule has 1 aliphatic heterocycles. The third kappa shape index (κ3) is 3.09. The molecule has 1 rings (SSSR count). The van der Waals surface area contributed by atoms with Gasteiger partial charge in [-0.2, -0.15) is 0 Å². The summed E-state index contributed by atoms with van der Waals surface area (Å²) in [6.07, 6.45) is 2.07. The van der Waals surface area contributed by atoms with Crippen LogP contribution < -0.4 is 5.32 Å². The second kappa shape index (κ2) is 4.30. The normalized spacial score (nSPS) is 18.5. The average Bonchev–Trinajstić information content (AvgIpc) is 2.04. The first-order chi connectivity index (χ1) is 6.09. The van der Waals surface area contributed by atoms with Gasteiger partial charge in [-0.15, -0.1) is 0 Å². The molecule has 3 heteroatoms. The predicted octanol–water partition coefficient (Wildman–Crippen LogP) is 1.12. The van der Waals surface area contributed by atoms with Crippen LogP contribution in [0, 0.1) is 0 Å². The Balaban J connectivity index is 2.30. The van der Waals surface area contributed by atoms with Gasteiger partial charge in [0.2, 0.25) is 5.91 Å². The fourth-order valence-electron chi connectivity index (χ4n) is 1.69. The summed E-state index contributed by atoms with van der Waals surface area (Å²) in [6, 6.07) is 0.508. The summed E-state index contributed by atoms with van der Waals surface area (Å²) in [6.45, 7) is 9.16. The van der Waals surface area contributed by atoms with Crippen LogP contribution in [0.5, 0.6) is 0 Å². The summed E-state index contributed by atoms with van der Waals surface area (Å²) < 4.78 is 0. The van der Waals surface area contributed by atoms with E-state index >= 15 is 0 Å². The standard InChI is InChI=1S/C10H18N2O/c1-8(2)11-10-4-6-12(7-5-10)9(3)13/h10-11H,1,4-7H2,2-3H3. The lowest BCUT2D eigenvalue weighted by atomic mass is 10.0. The summed E-state index contributed by atoms with van der Waals surface area (Å²) in [5.74, 6) is 0.189. The van der Waals surface area contributed by atoms with Gasteiger partial charge >= 0.3 is 0 Å². The number of likely N-dealkylation sites (tertiary alicyclic amines) is 1. The maximum atomic E-state index is 11.0. The summed E-state index contributed by atoms with van der Waals surface area (Å²) >= 11 is 0. The van der Waals surface area contributed by atoms with Crippen molar-refractivity contribution in [1.82, 2.24) is 10.2 Å². The SMILES string of the molecule is C=C(C)NC1CCN(C(C)=O)CC1. The minimum atomic E-state index is 0.189. The van der Waals surface area contributed by atoms with E-state index in [2.05, 4.69) is 11.9 Å². The third-order valence-electron chi connectivity index (χ3n) is 2.39. The Hall–Kier alpha value is -0.990. The number of carbonyl (C=O) groups excluding carboxylic acids is 1. The number of amides is 1. The fourth-order valence-corrected chi connectivity index (χ4v) is 1.69. The lowest BCUT2D eigenvalue weighted by Gasteiger charge is -2.32. The van der Waals surface area contributed by atoms with Crippen molar-refractivity contribution in [2.24, 2.45) is 0 Å². The smallest absolute Gasteiger partial charge is 0.219 e. The Kier molecular flexibility index (Phi) is 3.34. The molecule has 0 spiro atoms. The molecule has 0 saturated carbocycles. The highest BCUT2D eigenvalue weighted by Crippen LogP contribution is 2.10. The molecular formula is C10H18N2O. The first-order valence-electron chi connectivity index (χ1n) is 4.77. The van der Waals surface area contributed by atoms with Gasteiger partial charge in [0.1, 0.15) is 0 Å². The minimum absolute atomic E-state index is 0.189. The summed E-state index contributed by atoms with van der Waals surface area (Å²) in [7, 11) is 0. The Morgan fingerprint density at radius 2 is 1.92 bits per heavy atom. The van der Waals surface area contributed by atoms with Gasteiger partial charge in [0.05, 0.1) is 0 Å². The molecule has 0 aromatic heterocycles. The zero-order chi connectivity index (χ0) is 9.84. The van der Waals surface area contributed by atoms with Crippen molar-refractivity contribution in [3.8, 4) is 0 Å². The molecule has 1 N–H and O–H groups in total. The molecule has 13 heavy (non-hydrogen) atoms. The quantitative estimate of drug-likeness (QED) is 0.694. The van der Waals surface area contributed by atoms with Crippen LogP contribution in [0.2, 0.25) is 0 Å². The van der Waals surface area contributed by atoms with Gasteiger partial charge in [0.15, 0.2) is 0 Å². The van der Waals surface area contributed by atoms with Crippen LogP contribution in [-0.4, -0.2) is 29.9 Å². The summed E-state index contributed by atoms with van der Waals surface area (Å²) in [5, 5.41) is 3.31. The molecule has 0 bridgehead atoms. The van der Waals surface area contributed by atoms with Gasteiger partial charge in [0.25, 0.3) is 0 Å². The summed E-state index contributed by atoms with van der Waals surface area (Å²) in [4.78, 5) is 12.9. The molecule has 1 fully saturated rings. The van der Waals surface area contributed by atoms with Crippen molar-refractivity contribution in [2.45, 2.75) is 32.7 Å². The zero-order valence-electron chi connectivity index (χ0n) is 8.47. The highest BCUT2D eigenvalue weighted by molar-refractivity contribution is 5.73. The average molecular weight is 182 g/mol. The Bertz CT molecular complexity index is 205. The van der Waals surface area contributed by atoms with Crippen LogP contribution in [0.1, 0.15) is 26.7 Å². The van der Waals surface area contributed by atoms with E-state index in [9.17, 15) is 4.79 Å². The number of carbonyl (C=O) groups is 1. The second-order valence-electron chi connectivity index (χ2n) is 3.71. The second-order valence-corrected chi connectivity index (χ2v) is 3.71. The Morgan fingerprint density at radius 3 is 2.31 bits per heavy atom. The van der Waals surface area contributed by atoms with Crippen molar-refractivity contribution in [1.29, 1.82) is 0 Å². The largest absolute Gasteiger partial charge is 0.386 e. The molecule has 0 aliphatic carbocycles. The van der Waals surface area contributed by atoms with Crippen LogP contribution in [0.25, 0.3) is 0 Å². The van der Waals surface area contributed by atoms with Crippen LogP contribution >= 0.6 is 0 Å². The van der Waals surface area contributed by atoms with Gasteiger partial charge < -0.3 is 10.2 Å². The lowest BCUT2D eigenvalue weighted by molar-refractivity contribution is -0.129. The van der Waals surface area contributed by atoms with Gasteiger partial charge in [-0.05, 0) is 19.8 Å². The van der Waals surface area contributed by atoms with Gasteiger partial charge in [-0.3, -0.25) is 4.79 Å². The molecule has 1 saturated heterocycles. The number of allylic oxidation sites excluding steroid dienone is 1. The Morgan fingerprint density at radius 1 is 1.38 bits per heavy atom. The highest BCUT2D eigenvalue weighted by Gasteiger charge is 2.19. The monoisotopic (exact) mass is 182 g/mol. The molecule has 0 radical (unpaired) electrons. The molecule has 1 heterocycles. The van der Waals surface area contributed by atoms with Crippen LogP contribution in [-0.2, 0) is 4.79 Å². The maximum Gasteiger partial charge on any atom is 0.219 e. The molecule has 0 atom stereocenters. The number of nitrogens with one attached hydrogen (secondary N) is 1. The van der Waals surface area contributed by atoms with E-state index in [0.717, 1.165) is 31.6 Å². The molecule has 0 unspecified atom stereocenters. The number of nitrogens with zero attached hydrogens (tertiary/aromatic N) is 1. The van der Waals surface area contributed by atoms with Gasteiger partial charge in [-0.25, -0.2) is 0 Å². The van der Waals surface area contributed by atoms with Gasteiger partial charge in [-0.1, -0.05) is 6.58 Å². The molecule has 0 aromatic carbocycles. The van der Waals surface area contributed by atoms with Crippen molar-refractivity contribution in [3.05, 3.63) is 12.3 Å². The van der Waals surface area contributed by atoms with Crippen LogP contribution in [0.4, 0.5) is 0 Å². The molecule has 74 valence electrons. The number of hydrogen-bond acceptors (Lipinski definition) is 2. The van der Waals surface area contributed by atoms with E-state index in [1.165, 1.54) is 0 Å². The first kappa shape index (κ1) is 10.1. The maximum absolute atomic E-state index is 11.0.